The van der Waals surface area contributed by atoms with Gasteiger partial charge < -0.3 is 10.2 Å². The molecule has 0 bridgehead atoms. The Kier molecular flexibility index (Phi) is 4.75. The molecule has 1 aliphatic carbocycles. The van der Waals surface area contributed by atoms with Gasteiger partial charge in [0.05, 0.1) is 11.6 Å². The lowest BCUT2D eigenvalue weighted by atomic mass is 9.96. The third-order valence-electron chi connectivity index (χ3n) is 3.62. The van der Waals surface area contributed by atoms with Gasteiger partial charge in [0.15, 0.2) is 5.11 Å². The van der Waals surface area contributed by atoms with Crippen LogP contribution in [0.25, 0.3) is 0 Å². The Balaban J connectivity index is 1.95. The van der Waals surface area contributed by atoms with Crippen molar-refractivity contribution >= 4 is 23.0 Å². The summed E-state index contributed by atoms with van der Waals surface area (Å²) in [7, 11) is 1.96. The first-order valence-electron chi connectivity index (χ1n) is 6.75. The molecule has 3 nitrogen and oxygen atoms in total. The molecule has 0 atom stereocenters. The van der Waals surface area contributed by atoms with Crippen molar-refractivity contribution in [2.24, 2.45) is 0 Å². The van der Waals surface area contributed by atoms with Crippen LogP contribution in [-0.4, -0.2) is 18.2 Å². The number of rotatable bonds is 2. The molecular formula is C15H19N3S. The fraction of sp³-hybridized carbons (Fsp3) is 0.467. The third-order valence-corrected chi connectivity index (χ3v) is 4.01. The Morgan fingerprint density at radius 1 is 1.26 bits per heavy atom. The second-order valence-electron chi connectivity index (χ2n) is 5.00. The minimum atomic E-state index is 0.516. The summed E-state index contributed by atoms with van der Waals surface area (Å²) in [5.74, 6) is 0. The normalized spacial score (nSPS) is 15.6. The minimum Gasteiger partial charge on any atom is -0.360 e. The molecule has 1 N–H and O–H groups in total. The molecule has 2 rings (SSSR count). The Labute approximate surface area is 120 Å². The van der Waals surface area contributed by atoms with Crippen LogP contribution in [0, 0.1) is 11.3 Å². The van der Waals surface area contributed by atoms with Crippen molar-refractivity contribution in [1.29, 1.82) is 5.26 Å². The largest absolute Gasteiger partial charge is 0.360 e. The maximum Gasteiger partial charge on any atom is 0.173 e. The van der Waals surface area contributed by atoms with Crippen molar-refractivity contribution < 1.29 is 0 Å². The van der Waals surface area contributed by atoms with Gasteiger partial charge >= 0.3 is 0 Å². The van der Waals surface area contributed by atoms with E-state index >= 15 is 0 Å². The quantitative estimate of drug-likeness (QED) is 0.840. The zero-order valence-corrected chi connectivity index (χ0v) is 12.0. The van der Waals surface area contributed by atoms with Gasteiger partial charge in [0.1, 0.15) is 0 Å². The Morgan fingerprint density at radius 3 is 2.47 bits per heavy atom. The molecule has 0 heterocycles. The molecular weight excluding hydrogens is 254 g/mol. The lowest BCUT2D eigenvalue weighted by Crippen LogP contribution is -2.43. The lowest BCUT2D eigenvalue weighted by molar-refractivity contribution is 0.414. The van der Waals surface area contributed by atoms with E-state index in [2.05, 4.69) is 11.4 Å². The highest BCUT2D eigenvalue weighted by molar-refractivity contribution is 7.80. The minimum absolute atomic E-state index is 0.516. The van der Waals surface area contributed by atoms with Crippen molar-refractivity contribution in [2.75, 3.05) is 11.9 Å². The second-order valence-corrected chi connectivity index (χ2v) is 5.39. The maximum absolute atomic E-state index is 8.79. The van der Waals surface area contributed by atoms with Crippen LogP contribution in [0.3, 0.4) is 0 Å². The standard InChI is InChI=1S/C15H19N3S/c1-18(14-9-7-12(11-16)8-10-14)15(19)17-13-5-3-2-4-6-13/h7-10,13H,2-6H2,1H3,(H,17,19). The van der Waals surface area contributed by atoms with E-state index in [0.29, 0.717) is 11.6 Å². The lowest BCUT2D eigenvalue weighted by Gasteiger charge is -2.28. The van der Waals surface area contributed by atoms with Crippen LogP contribution in [-0.2, 0) is 0 Å². The Bertz CT molecular complexity index is 469. The Hall–Kier alpha value is -1.60. The van der Waals surface area contributed by atoms with Gasteiger partial charge in [-0.25, -0.2) is 0 Å². The highest BCUT2D eigenvalue weighted by Crippen LogP contribution is 2.19. The van der Waals surface area contributed by atoms with Gasteiger partial charge in [-0.1, -0.05) is 19.3 Å². The topological polar surface area (TPSA) is 39.1 Å². The van der Waals surface area contributed by atoms with Gasteiger partial charge in [-0.05, 0) is 49.3 Å². The molecule has 1 aromatic carbocycles. The summed E-state index contributed by atoms with van der Waals surface area (Å²) in [6.45, 7) is 0. The monoisotopic (exact) mass is 273 g/mol. The first kappa shape index (κ1) is 13.8. The van der Waals surface area contributed by atoms with E-state index in [-0.39, 0.29) is 0 Å². The summed E-state index contributed by atoms with van der Waals surface area (Å²) < 4.78 is 0. The number of hydrogen-bond donors (Lipinski definition) is 1. The van der Waals surface area contributed by atoms with Crippen molar-refractivity contribution in [2.45, 2.75) is 38.1 Å². The molecule has 0 spiro atoms. The third kappa shape index (κ3) is 3.68. The SMILES string of the molecule is CN(C(=S)NC1CCCCC1)c1ccc(C#N)cc1. The molecule has 0 amide bonds. The van der Waals surface area contributed by atoms with Crippen LogP contribution in [0.15, 0.2) is 24.3 Å². The van der Waals surface area contributed by atoms with Gasteiger partial charge in [-0.2, -0.15) is 5.26 Å². The zero-order chi connectivity index (χ0) is 13.7. The van der Waals surface area contributed by atoms with E-state index in [0.717, 1.165) is 10.8 Å². The highest BCUT2D eigenvalue weighted by Gasteiger charge is 2.16. The van der Waals surface area contributed by atoms with Crippen LogP contribution < -0.4 is 10.2 Å². The van der Waals surface area contributed by atoms with Crippen LogP contribution >= 0.6 is 12.2 Å². The predicted octanol–water partition coefficient (Wildman–Crippen LogP) is 3.20. The molecule has 1 saturated carbocycles. The molecule has 0 saturated heterocycles. The fourth-order valence-corrected chi connectivity index (χ4v) is 2.67. The fourth-order valence-electron chi connectivity index (χ4n) is 2.40. The summed E-state index contributed by atoms with van der Waals surface area (Å²) in [6, 6.07) is 10.1. The van der Waals surface area contributed by atoms with E-state index in [1.165, 1.54) is 32.1 Å². The number of nitrogens with zero attached hydrogens (tertiary/aromatic N) is 2. The Morgan fingerprint density at radius 2 is 1.89 bits per heavy atom. The maximum atomic E-state index is 8.79. The van der Waals surface area contributed by atoms with Gasteiger partial charge in [0, 0.05) is 18.8 Å². The smallest absolute Gasteiger partial charge is 0.173 e. The van der Waals surface area contributed by atoms with Crippen molar-refractivity contribution in [1.82, 2.24) is 5.32 Å². The summed E-state index contributed by atoms with van der Waals surface area (Å²) in [6.07, 6.45) is 6.35. The first-order chi connectivity index (χ1) is 9.20. The van der Waals surface area contributed by atoms with Crippen molar-refractivity contribution in [3.05, 3.63) is 29.8 Å². The number of thiocarbonyl (C=S) groups is 1. The second kappa shape index (κ2) is 6.53. The van der Waals surface area contributed by atoms with E-state index in [1.54, 1.807) is 0 Å². The van der Waals surface area contributed by atoms with Gasteiger partial charge in [-0.3, -0.25) is 0 Å². The average Bonchev–Trinajstić information content (AvgIpc) is 2.47. The number of nitriles is 1. The van der Waals surface area contributed by atoms with Crippen molar-refractivity contribution in [3.63, 3.8) is 0 Å². The van der Waals surface area contributed by atoms with E-state index in [9.17, 15) is 0 Å². The van der Waals surface area contributed by atoms with Crippen molar-refractivity contribution in [3.8, 4) is 6.07 Å². The molecule has 4 heteroatoms. The van der Waals surface area contributed by atoms with E-state index in [4.69, 9.17) is 17.5 Å². The molecule has 1 fully saturated rings. The van der Waals surface area contributed by atoms with Crippen LogP contribution in [0.2, 0.25) is 0 Å². The van der Waals surface area contributed by atoms with Crippen LogP contribution in [0.5, 0.6) is 0 Å². The summed E-state index contributed by atoms with van der Waals surface area (Å²) in [4.78, 5) is 1.96. The zero-order valence-electron chi connectivity index (χ0n) is 11.2. The predicted molar refractivity (Wildman–Crippen MR) is 82.2 cm³/mol. The molecule has 19 heavy (non-hydrogen) atoms. The molecule has 1 aromatic rings. The number of nitrogens with one attached hydrogen (secondary N) is 1. The average molecular weight is 273 g/mol. The van der Waals surface area contributed by atoms with E-state index in [1.807, 2.05) is 36.2 Å². The molecule has 0 aliphatic heterocycles. The first-order valence-corrected chi connectivity index (χ1v) is 7.16. The molecule has 0 unspecified atom stereocenters. The molecule has 1 aliphatic rings. The summed E-state index contributed by atoms with van der Waals surface area (Å²) in [5, 5.41) is 13.0. The number of hydrogen-bond acceptors (Lipinski definition) is 2. The van der Waals surface area contributed by atoms with E-state index < -0.39 is 0 Å². The van der Waals surface area contributed by atoms with Gasteiger partial charge in [0.25, 0.3) is 0 Å². The highest BCUT2D eigenvalue weighted by atomic mass is 32.1. The number of benzene rings is 1. The summed E-state index contributed by atoms with van der Waals surface area (Å²) >= 11 is 5.45. The van der Waals surface area contributed by atoms with Gasteiger partial charge in [0.2, 0.25) is 0 Å². The molecule has 100 valence electrons. The number of anilines is 1. The molecule has 0 aromatic heterocycles. The van der Waals surface area contributed by atoms with Crippen LogP contribution in [0.1, 0.15) is 37.7 Å². The summed E-state index contributed by atoms with van der Waals surface area (Å²) in [5.41, 5.74) is 1.68. The van der Waals surface area contributed by atoms with Crippen LogP contribution in [0.4, 0.5) is 5.69 Å². The molecule has 0 radical (unpaired) electrons. The van der Waals surface area contributed by atoms with Gasteiger partial charge in [-0.15, -0.1) is 0 Å².